The normalized spacial score (nSPS) is 14.6. The van der Waals surface area contributed by atoms with E-state index in [0.29, 0.717) is 42.6 Å². The lowest BCUT2D eigenvalue weighted by atomic mass is 10.0. The van der Waals surface area contributed by atoms with Crippen molar-refractivity contribution in [2.75, 3.05) is 31.1 Å². The van der Waals surface area contributed by atoms with Crippen LogP contribution in [0.25, 0.3) is 5.69 Å². The van der Waals surface area contributed by atoms with Crippen molar-refractivity contribution >= 4 is 27.3 Å². The average molecular weight is 579 g/mol. The van der Waals surface area contributed by atoms with E-state index < -0.39 is 26.9 Å². The van der Waals surface area contributed by atoms with Gasteiger partial charge in [-0.2, -0.15) is 14.1 Å². The first-order chi connectivity index (χ1) is 19.3. The quantitative estimate of drug-likeness (QED) is 0.295. The van der Waals surface area contributed by atoms with Crippen molar-refractivity contribution in [3.05, 3.63) is 118 Å². The highest BCUT2D eigenvalue weighted by Gasteiger charge is 2.32. The number of hydrogen-bond acceptors (Lipinski definition) is 6. The number of anilines is 1. The van der Waals surface area contributed by atoms with Crippen molar-refractivity contribution in [3.8, 4) is 11.4 Å². The number of piperazine rings is 1. The first-order valence-corrected chi connectivity index (χ1v) is 15.0. The maximum absolute atomic E-state index is 14.1. The summed E-state index contributed by atoms with van der Waals surface area (Å²) in [6.07, 6.45) is 1.05. The zero-order chi connectivity index (χ0) is 28.3. The molecule has 0 bridgehead atoms. The minimum absolute atomic E-state index is 0.132. The van der Waals surface area contributed by atoms with Gasteiger partial charge in [-0.1, -0.05) is 78.3 Å². The van der Waals surface area contributed by atoms with Crippen LogP contribution >= 0.6 is 11.6 Å². The second-order valence-corrected chi connectivity index (χ2v) is 12.8. The lowest BCUT2D eigenvalue weighted by Crippen LogP contribution is -2.50. The summed E-state index contributed by atoms with van der Waals surface area (Å²) in [6, 6.07) is 26.3. The number of hydrogen-bond donors (Lipinski definition) is 0. The Balaban J connectivity index is 1.58. The summed E-state index contributed by atoms with van der Waals surface area (Å²) >= 11 is 6.22. The summed E-state index contributed by atoms with van der Waals surface area (Å²) < 4.78 is 34.9. The van der Waals surface area contributed by atoms with Crippen molar-refractivity contribution < 1.29 is 13.2 Å². The minimum Gasteiger partial charge on any atom is -0.473 e. The van der Waals surface area contributed by atoms with Crippen LogP contribution in [0.1, 0.15) is 31.1 Å². The topological polar surface area (TPSA) is 84.7 Å². The van der Waals surface area contributed by atoms with Crippen LogP contribution < -0.4 is 15.2 Å². The Bertz CT molecular complexity index is 1580. The lowest BCUT2D eigenvalue weighted by Gasteiger charge is -2.36. The molecule has 4 aromatic rings. The van der Waals surface area contributed by atoms with Crippen LogP contribution in [0.2, 0.25) is 5.02 Å². The molecule has 0 spiro atoms. The van der Waals surface area contributed by atoms with Crippen molar-refractivity contribution in [2.24, 2.45) is 0 Å². The largest absolute Gasteiger partial charge is 0.473 e. The molecule has 208 valence electrons. The predicted molar refractivity (Wildman–Crippen MR) is 158 cm³/mol. The van der Waals surface area contributed by atoms with Gasteiger partial charge in [-0.25, -0.2) is 8.42 Å². The SMILES string of the molecule is CC(C)S(=O)(=O)N1CCN(c2cnn(-c3cccc(Cl)c3)c(=O)c2OC(c2ccccc2)c2ccccc2)CC1. The van der Waals surface area contributed by atoms with Gasteiger partial charge in [0.05, 0.1) is 17.1 Å². The molecule has 0 atom stereocenters. The van der Waals surface area contributed by atoms with Gasteiger partial charge in [0.2, 0.25) is 15.8 Å². The zero-order valence-corrected chi connectivity index (χ0v) is 23.9. The summed E-state index contributed by atoms with van der Waals surface area (Å²) in [4.78, 5) is 16.0. The van der Waals surface area contributed by atoms with Crippen molar-refractivity contribution in [1.29, 1.82) is 0 Å². The second kappa shape index (κ2) is 11.8. The van der Waals surface area contributed by atoms with Gasteiger partial charge in [-0.3, -0.25) is 4.79 Å². The van der Waals surface area contributed by atoms with Gasteiger partial charge >= 0.3 is 5.56 Å². The second-order valence-electron chi connectivity index (χ2n) is 9.85. The standard InChI is InChI=1S/C30H31ClN4O4S/c1-22(2)40(37,38)34-18-16-33(17-19-34)27-21-32-35(26-15-9-14-25(31)20-26)30(36)29(27)39-28(23-10-5-3-6-11-23)24-12-7-4-8-13-24/h3-15,20-22,28H,16-19H2,1-2H3. The van der Waals surface area contributed by atoms with E-state index in [1.807, 2.05) is 65.6 Å². The van der Waals surface area contributed by atoms with Crippen LogP contribution in [0.5, 0.6) is 5.75 Å². The van der Waals surface area contributed by atoms with Crippen LogP contribution in [-0.4, -0.2) is 53.9 Å². The van der Waals surface area contributed by atoms with E-state index in [0.717, 1.165) is 11.1 Å². The van der Waals surface area contributed by atoms with Crippen LogP contribution in [0, 0.1) is 0 Å². The zero-order valence-electron chi connectivity index (χ0n) is 22.4. The average Bonchev–Trinajstić information content (AvgIpc) is 2.97. The molecule has 0 amide bonds. The lowest BCUT2D eigenvalue weighted by molar-refractivity contribution is 0.241. The van der Waals surface area contributed by atoms with E-state index in [2.05, 4.69) is 5.10 Å². The Morgan fingerprint density at radius 3 is 2.00 bits per heavy atom. The third kappa shape index (κ3) is 5.77. The molecule has 1 aliphatic heterocycles. The van der Waals surface area contributed by atoms with Gasteiger partial charge in [-0.05, 0) is 43.2 Å². The van der Waals surface area contributed by atoms with Gasteiger partial charge in [0.25, 0.3) is 0 Å². The fourth-order valence-electron chi connectivity index (χ4n) is 4.74. The number of aromatic nitrogens is 2. The first kappa shape index (κ1) is 27.9. The summed E-state index contributed by atoms with van der Waals surface area (Å²) in [7, 11) is -3.38. The fraction of sp³-hybridized carbons (Fsp3) is 0.267. The molecule has 5 rings (SSSR count). The molecule has 8 nitrogen and oxygen atoms in total. The van der Waals surface area contributed by atoms with Crippen LogP contribution in [0.3, 0.4) is 0 Å². The third-order valence-corrected chi connectivity index (χ3v) is 9.45. The molecule has 10 heteroatoms. The van der Waals surface area contributed by atoms with Crippen LogP contribution in [0.15, 0.2) is 95.9 Å². The van der Waals surface area contributed by atoms with Gasteiger partial charge < -0.3 is 9.64 Å². The Hall–Kier alpha value is -3.66. The number of nitrogens with zero attached hydrogens (tertiary/aromatic N) is 4. The van der Waals surface area contributed by atoms with Gasteiger partial charge in [-0.15, -0.1) is 0 Å². The van der Waals surface area contributed by atoms with E-state index in [1.165, 1.54) is 8.99 Å². The molecule has 3 aromatic carbocycles. The summed E-state index contributed by atoms with van der Waals surface area (Å²) in [5.41, 5.74) is 2.37. The monoisotopic (exact) mass is 578 g/mol. The van der Waals surface area contributed by atoms with Gasteiger partial charge in [0, 0.05) is 31.2 Å². The number of ether oxygens (including phenoxy) is 1. The van der Waals surface area contributed by atoms with E-state index in [4.69, 9.17) is 16.3 Å². The summed E-state index contributed by atoms with van der Waals surface area (Å²) in [5.74, 6) is 0.132. The molecule has 1 fully saturated rings. The molecule has 2 heterocycles. The smallest absolute Gasteiger partial charge is 0.316 e. The summed E-state index contributed by atoms with van der Waals surface area (Å²) in [6.45, 7) is 4.76. The molecule has 40 heavy (non-hydrogen) atoms. The molecule has 1 saturated heterocycles. The highest BCUT2D eigenvalue weighted by Crippen LogP contribution is 2.33. The molecular formula is C30H31ClN4O4S. The maximum atomic E-state index is 14.1. The highest BCUT2D eigenvalue weighted by atomic mass is 35.5. The van der Waals surface area contributed by atoms with E-state index in [-0.39, 0.29) is 5.75 Å². The molecule has 0 saturated carbocycles. The van der Waals surface area contributed by atoms with E-state index in [9.17, 15) is 13.2 Å². The van der Waals surface area contributed by atoms with Crippen molar-refractivity contribution in [3.63, 3.8) is 0 Å². The summed E-state index contributed by atoms with van der Waals surface area (Å²) in [5, 5.41) is 4.44. The molecule has 0 radical (unpaired) electrons. The molecule has 0 aliphatic carbocycles. The fourth-order valence-corrected chi connectivity index (χ4v) is 6.19. The van der Waals surface area contributed by atoms with Crippen LogP contribution in [-0.2, 0) is 10.0 Å². The molecule has 0 unspecified atom stereocenters. The predicted octanol–water partition coefficient (Wildman–Crippen LogP) is 4.91. The van der Waals surface area contributed by atoms with Crippen molar-refractivity contribution in [1.82, 2.24) is 14.1 Å². The molecular weight excluding hydrogens is 548 g/mol. The van der Waals surface area contributed by atoms with Crippen LogP contribution in [0.4, 0.5) is 5.69 Å². The van der Waals surface area contributed by atoms with E-state index in [1.54, 1.807) is 44.3 Å². The number of benzene rings is 3. The maximum Gasteiger partial charge on any atom is 0.316 e. The number of rotatable bonds is 8. The Morgan fingerprint density at radius 1 is 0.850 bits per heavy atom. The third-order valence-electron chi connectivity index (χ3n) is 6.94. The Morgan fingerprint density at radius 2 is 1.45 bits per heavy atom. The Kier molecular flexibility index (Phi) is 8.25. The van der Waals surface area contributed by atoms with E-state index >= 15 is 0 Å². The molecule has 0 N–H and O–H groups in total. The molecule has 1 aromatic heterocycles. The number of halogens is 1. The highest BCUT2D eigenvalue weighted by molar-refractivity contribution is 7.89. The van der Waals surface area contributed by atoms with Gasteiger partial charge in [0.15, 0.2) is 0 Å². The Labute approximate surface area is 239 Å². The minimum atomic E-state index is -3.38. The molecule has 1 aliphatic rings. The first-order valence-electron chi connectivity index (χ1n) is 13.1. The van der Waals surface area contributed by atoms with Crippen molar-refractivity contribution in [2.45, 2.75) is 25.2 Å². The number of sulfonamides is 1. The van der Waals surface area contributed by atoms with Gasteiger partial charge in [0.1, 0.15) is 11.8 Å².